The Morgan fingerprint density at radius 1 is 1.19 bits per heavy atom. The van der Waals surface area contributed by atoms with E-state index in [9.17, 15) is 14.7 Å². The lowest BCUT2D eigenvalue weighted by molar-refractivity contribution is -0.140. The maximum absolute atomic E-state index is 12.8. The molecule has 5 nitrogen and oxygen atoms in total. The molecule has 0 radical (unpaired) electrons. The Morgan fingerprint density at radius 3 is 2.59 bits per heavy atom. The van der Waals surface area contributed by atoms with Gasteiger partial charge in [-0.15, -0.1) is 0 Å². The Bertz CT molecular complexity index is 922. The number of methoxy groups -OCH3 is 1. The van der Waals surface area contributed by atoms with Crippen molar-refractivity contribution in [1.29, 1.82) is 0 Å². The van der Waals surface area contributed by atoms with Gasteiger partial charge in [0.2, 0.25) is 0 Å². The average molecular weight is 386 g/mol. The number of carbonyl (C=O) groups excluding carboxylic acids is 2. The first-order valence-electron chi connectivity index (χ1n) is 8.54. The Hall–Kier alpha value is -2.63. The van der Waals surface area contributed by atoms with Crippen LogP contribution in [0.4, 0.5) is 0 Å². The van der Waals surface area contributed by atoms with Gasteiger partial charge in [0.05, 0.1) is 18.2 Å². The number of hydrogen-bond acceptors (Lipinski definition) is 4. The van der Waals surface area contributed by atoms with Crippen molar-refractivity contribution in [3.05, 3.63) is 75.8 Å². The average Bonchev–Trinajstić information content (AvgIpc) is 2.90. The molecule has 1 unspecified atom stereocenters. The zero-order chi connectivity index (χ0) is 19.6. The van der Waals surface area contributed by atoms with E-state index in [4.69, 9.17) is 16.3 Å². The zero-order valence-electron chi connectivity index (χ0n) is 15.1. The van der Waals surface area contributed by atoms with E-state index in [2.05, 4.69) is 0 Å². The van der Waals surface area contributed by atoms with Gasteiger partial charge in [0.25, 0.3) is 11.7 Å². The Morgan fingerprint density at radius 2 is 1.93 bits per heavy atom. The predicted molar refractivity (Wildman–Crippen MR) is 104 cm³/mol. The van der Waals surface area contributed by atoms with Crippen LogP contribution in [0.1, 0.15) is 22.7 Å². The SMILES string of the molecule is COCCN1C(=O)C(=O)/C(=C(/O)c2cccc(Cl)c2)C1c1ccccc1C. The molecule has 1 saturated heterocycles. The second kappa shape index (κ2) is 7.94. The fraction of sp³-hybridized carbons (Fsp3) is 0.238. The Balaban J connectivity index is 2.20. The highest BCUT2D eigenvalue weighted by Crippen LogP contribution is 2.40. The van der Waals surface area contributed by atoms with Gasteiger partial charge in [-0.05, 0) is 30.2 Å². The molecule has 0 aliphatic carbocycles. The minimum absolute atomic E-state index is 0.0627. The summed E-state index contributed by atoms with van der Waals surface area (Å²) in [6.45, 7) is 2.43. The first-order chi connectivity index (χ1) is 13.0. The van der Waals surface area contributed by atoms with Gasteiger partial charge >= 0.3 is 0 Å². The number of amides is 1. The molecule has 2 aromatic rings. The van der Waals surface area contributed by atoms with Gasteiger partial charge in [0, 0.05) is 24.2 Å². The van der Waals surface area contributed by atoms with Crippen molar-refractivity contribution in [1.82, 2.24) is 4.90 Å². The Kier molecular flexibility index (Phi) is 5.63. The molecule has 1 fully saturated rings. The lowest BCUT2D eigenvalue weighted by Crippen LogP contribution is -2.32. The van der Waals surface area contributed by atoms with Crippen molar-refractivity contribution in [2.75, 3.05) is 20.3 Å². The summed E-state index contributed by atoms with van der Waals surface area (Å²) in [4.78, 5) is 26.9. The highest BCUT2D eigenvalue weighted by atomic mass is 35.5. The normalized spacial score (nSPS) is 18.9. The van der Waals surface area contributed by atoms with Crippen molar-refractivity contribution in [3.8, 4) is 0 Å². The van der Waals surface area contributed by atoms with Crippen molar-refractivity contribution in [2.24, 2.45) is 0 Å². The summed E-state index contributed by atoms with van der Waals surface area (Å²) in [5, 5.41) is 11.3. The third-order valence-corrected chi connectivity index (χ3v) is 4.89. The van der Waals surface area contributed by atoms with Crippen LogP contribution in [0.15, 0.2) is 54.1 Å². The van der Waals surface area contributed by atoms with E-state index in [0.717, 1.165) is 11.1 Å². The molecule has 1 aliphatic rings. The molecule has 3 rings (SSSR count). The number of rotatable bonds is 5. The third-order valence-electron chi connectivity index (χ3n) is 4.66. The number of aryl methyl sites for hydroxylation is 1. The number of carbonyl (C=O) groups is 2. The van der Waals surface area contributed by atoms with E-state index in [1.54, 1.807) is 24.3 Å². The van der Waals surface area contributed by atoms with Crippen molar-refractivity contribution in [3.63, 3.8) is 0 Å². The fourth-order valence-electron chi connectivity index (χ4n) is 3.31. The molecule has 1 heterocycles. The number of aliphatic hydroxyl groups is 1. The molecule has 140 valence electrons. The lowest BCUT2D eigenvalue weighted by Gasteiger charge is -2.26. The van der Waals surface area contributed by atoms with Gasteiger partial charge in [-0.1, -0.05) is 48.0 Å². The summed E-state index contributed by atoms with van der Waals surface area (Å²) in [5.41, 5.74) is 2.17. The van der Waals surface area contributed by atoms with Crippen molar-refractivity contribution < 1.29 is 19.4 Å². The summed E-state index contributed by atoms with van der Waals surface area (Å²) < 4.78 is 5.10. The van der Waals surface area contributed by atoms with Gasteiger partial charge in [0.1, 0.15) is 5.76 Å². The van der Waals surface area contributed by atoms with Crippen LogP contribution in [0.5, 0.6) is 0 Å². The van der Waals surface area contributed by atoms with Gasteiger partial charge in [-0.2, -0.15) is 0 Å². The van der Waals surface area contributed by atoms with Crippen molar-refractivity contribution >= 4 is 29.1 Å². The number of ether oxygens (including phenoxy) is 1. The molecule has 0 saturated carbocycles. The number of aliphatic hydroxyl groups excluding tert-OH is 1. The Labute approximate surface area is 162 Å². The molecule has 1 atom stereocenters. The van der Waals surface area contributed by atoms with Gasteiger partial charge in [-0.3, -0.25) is 9.59 Å². The molecular formula is C21H20ClNO4. The van der Waals surface area contributed by atoms with Crippen LogP contribution in [0.2, 0.25) is 5.02 Å². The molecule has 1 amide bonds. The quantitative estimate of drug-likeness (QED) is 0.484. The first kappa shape index (κ1) is 19.1. The number of hydrogen-bond donors (Lipinski definition) is 1. The molecule has 27 heavy (non-hydrogen) atoms. The maximum atomic E-state index is 12.8. The summed E-state index contributed by atoms with van der Waals surface area (Å²) in [5.74, 6) is -1.59. The summed E-state index contributed by atoms with van der Waals surface area (Å²) >= 11 is 6.02. The van der Waals surface area contributed by atoms with Crippen LogP contribution < -0.4 is 0 Å². The number of Topliss-reactive ketones (excluding diaryl/α,β-unsaturated/α-hetero) is 1. The molecule has 0 aromatic heterocycles. The van der Waals surface area contributed by atoms with E-state index in [-0.39, 0.29) is 24.5 Å². The number of ketones is 1. The fourth-order valence-corrected chi connectivity index (χ4v) is 3.50. The van der Waals surface area contributed by atoms with Gasteiger partial charge in [-0.25, -0.2) is 0 Å². The van der Waals surface area contributed by atoms with E-state index in [1.165, 1.54) is 12.0 Å². The number of benzene rings is 2. The second-order valence-corrected chi connectivity index (χ2v) is 6.79. The smallest absolute Gasteiger partial charge is 0.295 e. The summed E-state index contributed by atoms with van der Waals surface area (Å²) in [6.07, 6.45) is 0. The highest BCUT2D eigenvalue weighted by Gasteiger charge is 2.46. The van der Waals surface area contributed by atoms with Crippen LogP contribution >= 0.6 is 11.6 Å². The molecule has 6 heteroatoms. The summed E-state index contributed by atoms with van der Waals surface area (Å²) in [7, 11) is 1.53. The third kappa shape index (κ3) is 3.61. The van der Waals surface area contributed by atoms with E-state index < -0.39 is 17.7 Å². The minimum Gasteiger partial charge on any atom is -0.507 e. The largest absolute Gasteiger partial charge is 0.507 e. The molecule has 0 bridgehead atoms. The topological polar surface area (TPSA) is 66.8 Å². The monoisotopic (exact) mass is 385 g/mol. The molecular weight excluding hydrogens is 366 g/mol. The van der Waals surface area contributed by atoms with Crippen LogP contribution in [-0.4, -0.2) is 42.0 Å². The molecule has 1 N–H and O–H groups in total. The zero-order valence-corrected chi connectivity index (χ0v) is 15.9. The van der Waals surface area contributed by atoms with E-state index >= 15 is 0 Å². The maximum Gasteiger partial charge on any atom is 0.295 e. The van der Waals surface area contributed by atoms with E-state index in [1.807, 2.05) is 31.2 Å². The number of nitrogens with zero attached hydrogens (tertiary/aromatic N) is 1. The van der Waals surface area contributed by atoms with E-state index in [0.29, 0.717) is 10.6 Å². The number of likely N-dealkylation sites (tertiary alicyclic amines) is 1. The predicted octanol–water partition coefficient (Wildman–Crippen LogP) is 3.72. The van der Waals surface area contributed by atoms with Gasteiger partial charge < -0.3 is 14.7 Å². The van der Waals surface area contributed by atoms with Crippen LogP contribution in [0.25, 0.3) is 5.76 Å². The second-order valence-electron chi connectivity index (χ2n) is 6.35. The lowest BCUT2D eigenvalue weighted by atomic mass is 9.92. The molecule has 1 aliphatic heterocycles. The van der Waals surface area contributed by atoms with Crippen LogP contribution in [0, 0.1) is 6.92 Å². The van der Waals surface area contributed by atoms with Gasteiger partial charge in [0.15, 0.2) is 0 Å². The first-order valence-corrected chi connectivity index (χ1v) is 8.92. The standard InChI is InChI=1S/C21H20ClNO4/c1-13-6-3-4-9-16(13)18-17(19(24)14-7-5-8-15(22)12-14)20(25)21(26)23(18)10-11-27-2/h3-9,12,18,24H,10-11H2,1-2H3/b19-17+. The molecule has 0 spiro atoms. The summed E-state index contributed by atoms with van der Waals surface area (Å²) in [6, 6.07) is 13.4. The van der Waals surface area contributed by atoms with Crippen molar-refractivity contribution in [2.45, 2.75) is 13.0 Å². The van der Waals surface area contributed by atoms with Crippen LogP contribution in [0.3, 0.4) is 0 Å². The van der Waals surface area contributed by atoms with Crippen LogP contribution in [-0.2, 0) is 14.3 Å². The minimum atomic E-state index is -0.711. The number of halogens is 1. The highest BCUT2D eigenvalue weighted by molar-refractivity contribution is 6.46. The molecule has 2 aromatic carbocycles.